The van der Waals surface area contributed by atoms with Crippen molar-refractivity contribution in [2.45, 2.75) is 40.5 Å². The van der Waals surface area contributed by atoms with Crippen molar-refractivity contribution in [3.63, 3.8) is 0 Å². The van der Waals surface area contributed by atoms with Crippen LogP contribution in [0.1, 0.15) is 40.5 Å². The normalized spacial score (nSPS) is 15.9. The lowest BCUT2D eigenvalue weighted by atomic mass is 10.1. The maximum absolute atomic E-state index is 12.2. The van der Waals surface area contributed by atoms with E-state index in [0.29, 0.717) is 44.9 Å². The second-order valence-corrected chi connectivity index (χ2v) is 6.14. The van der Waals surface area contributed by atoms with Crippen molar-refractivity contribution in [3.8, 4) is 0 Å². The molecule has 1 saturated heterocycles. The van der Waals surface area contributed by atoms with Gasteiger partial charge in [0.1, 0.15) is 0 Å². The van der Waals surface area contributed by atoms with Crippen molar-refractivity contribution in [2.75, 3.05) is 45.8 Å². The van der Waals surface area contributed by atoms with Crippen molar-refractivity contribution in [1.29, 1.82) is 0 Å². The summed E-state index contributed by atoms with van der Waals surface area (Å²) in [5, 5.41) is 0. The molecule has 5 heteroatoms. The molecule has 0 aromatic rings. The third kappa shape index (κ3) is 6.04. The average Bonchev–Trinajstić information content (AvgIpc) is 2.47. The van der Waals surface area contributed by atoms with Gasteiger partial charge in [0, 0.05) is 45.6 Å². The van der Waals surface area contributed by atoms with Gasteiger partial charge in [0.05, 0.1) is 0 Å². The molecule has 0 aliphatic carbocycles. The molecule has 0 radical (unpaired) electrons. The van der Waals surface area contributed by atoms with Crippen LogP contribution in [0.3, 0.4) is 0 Å². The fourth-order valence-electron chi connectivity index (χ4n) is 2.64. The summed E-state index contributed by atoms with van der Waals surface area (Å²) in [6.45, 7) is 13.9. The van der Waals surface area contributed by atoms with Gasteiger partial charge < -0.3 is 14.7 Å². The van der Waals surface area contributed by atoms with E-state index in [1.807, 2.05) is 9.80 Å². The van der Waals surface area contributed by atoms with Crippen LogP contribution in [0, 0.1) is 5.92 Å². The minimum Gasteiger partial charge on any atom is -0.339 e. The van der Waals surface area contributed by atoms with E-state index in [2.05, 4.69) is 32.6 Å². The lowest BCUT2D eigenvalue weighted by Gasteiger charge is -2.35. The number of carbonyl (C=O) groups is 2. The van der Waals surface area contributed by atoms with Crippen molar-refractivity contribution >= 4 is 11.8 Å². The summed E-state index contributed by atoms with van der Waals surface area (Å²) >= 11 is 0. The Hall–Kier alpha value is -1.10. The first kappa shape index (κ1) is 18.0. The van der Waals surface area contributed by atoms with Crippen molar-refractivity contribution in [3.05, 3.63) is 0 Å². The van der Waals surface area contributed by atoms with Crippen LogP contribution in [0.4, 0.5) is 0 Å². The maximum atomic E-state index is 12.2. The molecule has 1 fully saturated rings. The molecule has 2 amide bonds. The minimum absolute atomic E-state index is 0.220. The van der Waals surface area contributed by atoms with Gasteiger partial charge in [-0.25, -0.2) is 0 Å². The predicted molar refractivity (Wildman–Crippen MR) is 85.0 cm³/mol. The Balaban J connectivity index is 2.32. The number of rotatable bonds is 7. The highest BCUT2D eigenvalue weighted by Gasteiger charge is 2.24. The fourth-order valence-corrected chi connectivity index (χ4v) is 2.64. The topological polar surface area (TPSA) is 43.9 Å². The SMILES string of the molecule is CCN(CC)CCC(=O)N1CCN(C(=O)CC(C)C)CC1. The van der Waals surface area contributed by atoms with Crippen LogP contribution in [0.2, 0.25) is 0 Å². The summed E-state index contributed by atoms with van der Waals surface area (Å²) in [4.78, 5) is 30.2. The summed E-state index contributed by atoms with van der Waals surface area (Å²) in [5.74, 6) is 0.837. The molecule has 21 heavy (non-hydrogen) atoms. The lowest BCUT2D eigenvalue weighted by Crippen LogP contribution is -2.51. The molecule has 0 aromatic heterocycles. The number of carbonyl (C=O) groups excluding carboxylic acids is 2. The van der Waals surface area contributed by atoms with Crippen molar-refractivity contribution in [1.82, 2.24) is 14.7 Å². The lowest BCUT2D eigenvalue weighted by molar-refractivity contribution is -0.140. The number of hydrogen-bond donors (Lipinski definition) is 0. The van der Waals surface area contributed by atoms with Gasteiger partial charge in [-0.15, -0.1) is 0 Å². The van der Waals surface area contributed by atoms with Crippen molar-refractivity contribution in [2.24, 2.45) is 5.92 Å². The number of amides is 2. The van der Waals surface area contributed by atoms with Gasteiger partial charge in [-0.1, -0.05) is 27.7 Å². The van der Waals surface area contributed by atoms with E-state index >= 15 is 0 Å². The molecule has 1 aliphatic heterocycles. The van der Waals surface area contributed by atoms with Gasteiger partial charge in [-0.05, 0) is 19.0 Å². The van der Waals surface area contributed by atoms with Crippen LogP contribution < -0.4 is 0 Å². The molecule has 0 saturated carbocycles. The van der Waals surface area contributed by atoms with Crippen LogP contribution in [-0.2, 0) is 9.59 Å². The number of piperazine rings is 1. The fraction of sp³-hybridized carbons (Fsp3) is 0.875. The maximum Gasteiger partial charge on any atom is 0.223 e. The molecular weight excluding hydrogens is 266 g/mol. The van der Waals surface area contributed by atoms with Crippen molar-refractivity contribution < 1.29 is 9.59 Å². The molecule has 1 heterocycles. The summed E-state index contributed by atoms with van der Waals surface area (Å²) in [6.07, 6.45) is 1.19. The zero-order chi connectivity index (χ0) is 15.8. The summed E-state index contributed by atoms with van der Waals surface area (Å²) < 4.78 is 0. The van der Waals surface area contributed by atoms with E-state index in [1.54, 1.807) is 0 Å². The van der Waals surface area contributed by atoms with Gasteiger partial charge in [0.2, 0.25) is 11.8 Å². The molecule has 0 N–H and O–H groups in total. The molecule has 1 rings (SSSR count). The minimum atomic E-state index is 0.220. The largest absolute Gasteiger partial charge is 0.339 e. The Kier molecular flexibility index (Phi) is 7.72. The molecule has 122 valence electrons. The quantitative estimate of drug-likeness (QED) is 0.714. The van der Waals surface area contributed by atoms with Gasteiger partial charge in [-0.2, -0.15) is 0 Å². The molecule has 0 unspecified atom stereocenters. The second-order valence-electron chi connectivity index (χ2n) is 6.14. The summed E-state index contributed by atoms with van der Waals surface area (Å²) in [7, 11) is 0. The van der Waals surface area contributed by atoms with Crippen LogP contribution in [0.15, 0.2) is 0 Å². The Labute approximate surface area is 129 Å². The summed E-state index contributed by atoms with van der Waals surface area (Å²) in [6, 6.07) is 0. The third-order valence-corrected chi connectivity index (χ3v) is 4.10. The highest BCUT2D eigenvalue weighted by molar-refractivity contribution is 5.78. The Bertz CT molecular complexity index is 332. The Morgan fingerprint density at radius 1 is 0.952 bits per heavy atom. The van der Waals surface area contributed by atoms with Gasteiger partial charge in [0.15, 0.2) is 0 Å². The van der Waals surface area contributed by atoms with E-state index in [1.165, 1.54) is 0 Å². The van der Waals surface area contributed by atoms with Crippen LogP contribution in [0.5, 0.6) is 0 Å². The van der Waals surface area contributed by atoms with E-state index in [4.69, 9.17) is 0 Å². The molecule has 0 aromatic carbocycles. The second kappa shape index (κ2) is 9.03. The third-order valence-electron chi connectivity index (χ3n) is 4.10. The highest BCUT2D eigenvalue weighted by Crippen LogP contribution is 2.09. The first-order valence-corrected chi connectivity index (χ1v) is 8.25. The van der Waals surface area contributed by atoms with Crippen LogP contribution in [0.25, 0.3) is 0 Å². The van der Waals surface area contributed by atoms with E-state index in [-0.39, 0.29) is 11.8 Å². The monoisotopic (exact) mass is 297 g/mol. The van der Waals surface area contributed by atoms with Gasteiger partial charge >= 0.3 is 0 Å². The molecule has 5 nitrogen and oxygen atoms in total. The zero-order valence-electron chi connectivity index (χ0n) is 14.1. The first-order chi connectivity index (χ1) is 9.97. The van der Waals surface area contributed by atoms with E-state index < -0.39 is 0 Å². The highest BCUT2D eigenvalue weighted by atomic mass is 16.2. The first-order valence-electron chi connectivity index (χ1n) is 8.25. The molecule has 1 aliphatic rings. The predicted octanol–water partition coefficient (Wildman–Crippen LogP) is 1.44. The van der Waals surface area contributed by atoms with Gasteiger partial charge in [-0.3, -0.25) is 9.59 Å². The molecule has 0 bridgehead atoms. The van der Waals surface area contributed by atoms with Crippen LogP contribution >= 0.6 is 0 Å². The molecular formula is C16H31N3O2. The van der Waals surface area contributed by atoms with Gasteiger partial charge in [0.25, 0.3) is 0 Å². The number of nitrogens with zero attached hydrogens (tertiary/aromatic N) is 3. The average molecular weight is 297 g/mol. The zero-order valence-corrected chi connectivity index (χ0v) is 14.1. The summed E-state index contributed by atoms with van der Waals surface area (Å²) in [5.41, 5.74) is 0. The Morgan fingerprint density at radius 2 is 1.43 bits per heavy atom. The number of hydrogen-bond acceptors (Lipinski definition) is 3. The molecule has 0 atom stereocenters. The van der Waals surface area contributed by atoms with E-state index in [0.717, 1.165) is 19.6 Å². The standard InChI is InChI=1S/C16H31N3O2/c1-5-17(6-2)8-7-15(20)18-9-11-19(12-10-18)16(21)13-14(3)4/h14H,5-13H2,1-4H3. The molecule has 0 spiro atoms. The smallest absolute Gasteiger partial charge is 0.223 e. The van der Waals surface area contributed by atoms with E-state index in [9.17, 15) is 9.59 Å². The Morgan fingerprint density at radius 3 is 1.86 bits per heavy atom. The van der Waals surface area contributed by atoms with Crippen LogP contribution in [-0.4, -0.2) is 72.3 Å².